The molecule has 53 valence electrons. The summed E-state index contributed by atoms with van der Waals surface area (Å²) >= 11 is 0. The van der Waals surface area contributed by atoms with Gasteiger partial charge in [-0.25, -0.2) is 0 Å². The van der Waals surface area contributed by atoms with Gasteiger partial charge >= 0.3 is 0 Å². The predicted molar refractivity (Wildman–Crippen MR) is 39.8 cm³/mol. The quantitative estimate of drug-likeness (QED) is 0.571. The summed E-state index contributed by atoms with van der Waals surface area (Å²) in [5.74, 6) is 0. The average molecular weight is 145 g/mol. The lowest BCUT2D eigenvalue weighted by Gasteiger charge is -1.92. The number of hydrogen-bond acceptors (Lipinski definition) is 3. The molecule has 2 heterocycles. The van der Waals surface area contributed by atoms with Crippen LogP contribution in [0.3, 0.4) is 0 Å². The van der Waals surface area contributed by atoms with Crippen molar-refractivity contribution in [3.05, 3.63) is 36.3 Å². The van der Waals surface area contributed by atoms with E-state index in [-0.39, 0.29) is 0 Å². The van der Waals surface area contributed by atoms with Gasteiger partial charge in [0.05, 0.1) is 24.3 Å². The Balaban J connectivity index is 2.37. The van der Waals surface area contributed by atoms with Crippen LogP contribution in [0.2, 0.25) is 0 Å². The molecule has 0 saturated carbocycles. The molecule has 11 heavy (non-hydrogen) atoms. The number of hydrogen-bond donors (Lipinski definition) is 0. The van der Waals surface area contributed by atoms with Crippen LogP contribution >= 0.6 is 0 Å². The Morgan fingerprint density at radius 2 is 2.18 bits per heavy atom. The van der Waals surface area contributed by atoms with E-state index in [9.17, 15) is 0 Å². The smallest absolute Gasteiger partial charge is 0.0961 e. The van der Waals surface area contributed by atoms with Crippen LogP contribution in [0.5, 0.6) is 0 Å². The lowest BCUT2D eigenvalue weighted by Crippen LogP contribution is -1.95. The van der Waals surface area contributed by atoms with Crippen molar-refractivity contribution in [2.24, 2.45) is 5.10 Å². The SMILES string of the molecule is C1=CC(c2ccnnc2)=N[N]1. The molecular weight excluding hydrogens is 140 g/mol. The maximum atomic E-state index is 3.87. The fourth-order valence-electron chi connectivity index (χ4n) is 0.829. The van der Waals surface area contributed by atoms with Gasteiger partial charge in [0.25, 0.3) is 0 Å². The van der Waals surface area contributed by atoms with E-state index < -0.39 is 0 Å². The molecule has 1 aromatic heterocycles. The van der Waals surface area contributed by atoms with E-state index in [0.717, 1.165) is 11.3 Å². The summed E-state index contributed by atoms with van der Waals surface area (Å²) in [6.45, 7) is 0. The Labute approximate surface area is 63.7 Å². The molecule has 1 aliphatic heterocycles. The third kappa shape index (κ3) is 1.10. The minimum atomic E-state index is 0.833. The zero-order valence-corrected chi connectivity index (χ0v) is 5.68. The van der Waals surface area contributed by atoms with Crippen LogP contribution in [0, 0.1) is 0 Å². The molecule has 4 nitrogen and oxygen atoms in total. The van der Waals surface area contributed by atoms with Crippen LogP contribution in [-0.2, 0) is 0 Å². The highest BCUT2D eigenvalue weighted by Crippen LogP contribution is 2.02. The second-order valence-electron chi connectivity index (χ2n) is 2.05. The van der Waals surface area contributed by atoms with Gasteiger partial charge in [-0.3, -0.25) is 0 Å². The van der Waals surface area contributed by atoms with Gasteiger partial charge in [0.2, 0.25) is 0 Å². The van der Waals surface area contributed by atoms with E-state index in [1.165, 1.54) is 0 Å². The van der Waals surface area contributed by atoms with Crippen LogP contribution in [0.25, 0.3) is 0 Å². The zero-order chi connectivity index (χ0) is 7.52. The summed E-state index contributed by atoms with van der Waals surface area (Å²) in [7, 11) is 0. The fourth-order valence-corrected chi connectivity index (χ4v) is 0.829. The number of allylic oxidation sites excluding steroid dienone is 1. The molecule has 1 aromatic rings. The van der Waals surface area contributed by atoms with Crippen molar-refractivity contribution in [2.75, 3.05) is 0 Å². The Morgan fingerprint density at radius 3 is 2.82 bits per heavy atom. The molecule has 0 saturated heterocycles. The number of nitrogens with zero attached hydrogens (tertiary/aromatic N) is 4. The zero-order valence-electron chi connectivity index (χ0n) is 5.68. The van der Waals surface area contributed by atoms with E-state index in [4.69, 9.17) is 0 Å². The lowest BCUT2D eigenvalue weighted by molar-refractivity contribution is 0.969. The van der Waals surface area contributed by atoms with E-state index in [0.29, 0.717) is 0 Å². The van der Waals surface area contributed by atoms with Gasteiger partial charge in [-0.2, -0.15) is 20.7 Å². The molecule has 4 heteroatoms. The average Bonchev–Trinajstić information content (AvgIpc) is 2.58. The minimum Gasteiger partial charge on any atom is -0.159 e. The van der Waals surface area contributed by atoms with Crippen molar-refractivity contribution in [2.45, 2.75) is 0 Å². The van der Waals surface area contributed by atoms with Crippen LogP contribution in [0.4, 0.5) is 0 Å². The molecule has 0 aliphatic carbocycles. The van der Waals surface area contributed by atoms with Crippen molar-refractivity contribution < 1.29 is 0 Å². The van der Waals surface area contributed by atoms with Crippen molar-refractivity contribution in [1.29, 1.82) is 0 Å². The van der Waals surface area contributed by atoms with Crippen LogP contribution < -0.4 is 5.43 Å². The maximum Gasteiger partial charge on any atom is 0.0961 e. The predicted octanol–water partition coefficient (Wildman–Crippen LogP) is 0.312. The van der Waals surface area contributed by atoms with Crippen LogP contribution in [0.1, 0.15) is 5.56 Å². The van der Waals surface area contributed by atoms with Gasteiger partial charge < -0.3 is 0 Å². The van der Waals surface area contributed by atoms with Crippen molar-refractivity contribution in [3.8, 4) is 0 Å². The lowest BCUT2D eigenvalue weighted by atomic mass is 10.2. The third-order valence-corrected chi connectivity index (χ3v) is 1.34. The van der Waals surface area contributed by atoms with Gasteiger partial charge in [-0.15, -0.1) is 0 Å². The molecule has 0 atom stereocenters. The van der Waals surface area contributed by atoms with E-state index in [2.05, 4.69) is 20.7 Å². The third-order valence-electron chi connectivity index (χ3n) is 1.34. The molecule has 2 rings (SSSR count). The Morgan fingerprint density at radius 1 is 1.18 bits per heavy atom. The van der Waals surface area contributed by atoms with E-state index in [1.807, 2.05) is 12.1 Å². The van der Waals surface area contributed by atoms with Gasteiger partial charge in [0.15, 0.2) is 0 Å². The van der Waals surface area contributed by atoms with Crippen molar-refractivity contribution in [3.63, 3.8) is 0 Å². The van der Waals surface area contributed by atoms with Gasteiger partial charge in [0, 0.05) is 5.56 Å². The molecule has 0 aromatic carbocycles. The fraction of sp³-hybridized carbons (Fsp3) is 0. The first-order valence-electron chi connectivity index (χ1n) is 3.18. The molecule has 0 fully saturated rings. The normalized spacial score (nSPS) is 14.4. The van der Waals surface area contributed by atoms with Crippen LogP contribution in [0.15, 0.2) is 35.8 Å². The topological polar surface area (TPSA) is 52.2 Å². The van der Waals surface area contributed by atoms with Gasteiger partial charge in [0.1, 0.15) is 0 Å². The summed E-state index contributed by atoms with van der Waals surface area (Å²) in [6.07, 6.45) is 6.76. The summed E-state index contributed by atoms with van der Waals surface area (Å²) < 4.78 is 0. The Hall–Kier alpha value is -1.71. The van der Waals surface area contributed by atoms with E-state index in [1.54, 1.807) is 18.6 Å². The minimum absolute atomic E-state index is 0.833. The summed E-state index contributed by atoms with van der Waals surface area (Å²) in [6, 6.07) is 1.84. The molecule has 1 radical (unpaired) electrons. The maximum absolute atomic E-state index is 3.87. The van der Waals surface area contributed by atoms with E-state index >= 15 is 0 Å². The summed E-state index contributed by atoms with van der Waals surface area (Å²) in [5.41, 5.74) is 5.48. The molecule has 0 bridgehead atoms. The molecule has 0 amide bonds. The Kier molecular flexibility index (Phi) is 1.37. The highest BCUT2D eigenvalue weighted by Gasteiger charge is 2.02. The van der Waals surface area contributed by atoms with Gasteiger partial charge in [-0.05, 0) is 12.1 Å². The first kappa shape index (κ1) is 6.03. The van der Waals surface area contributed by atoms with Crippen molar-refractivity contribution in [1.82, 2.24) is 15.6 Å². The number of aromatic nitrogens is 2. The molecule has 1 aliphatic rings. The highest BCUT2D eigenvalue weighted by atomic mass is 15.3. The standard InChI is InChI=1S/C7H5N4/c1-3-8-10-5-6(1)7-2-4-9-11-7/h1-5H. The Bertz CT molecular complexity index is 301. The van der Waals surface area contributed by atoms with Crippen LogP contribution in [-0.4, -0.2) is 15.9 Å². The second-order valence-corrected chi connectivity index (χ2v) is 2.05. The largest absolute Gasteiger partial charge is 0.159 e. The highest BCUT2D eigenvalue weighted by molar-refractivity contribution is 6.09. The summed E-state index contributed by atoms with van der Waals surface area (Å²) in [4.78, 5) is 0. The summed E-state index contributed by atoms with van der Waals surface area (Å²) in [5, 5.41) is 11.2. The molecule has 0 N–H and O–H groups in total. The van der Waals surface area contributed by atoms with Gasteiger partial charge in [-0.1, -0.05) is 0 Å². The molecule has 0 spiro atoms. The first-order chi connectivity index (χ1) is 5.47. The monoisotopic (exact) mass is 145 g/mol. The number of rotatable bonds is 1. The second kappa shape index (κ2) is 2.49. The first-order valence-corrected chi connectivity index (χ1v) is 3.18. The molecule has 0 unspecified atom stereocenters. The van der Waals surface area contributed by atoms with Crippen molar-refractivity contribution >= 4 is 5.71 Å². The molecular formula is C7H5N4.